The molecule has 31 heavy (non-hydrogen) atoms. The zero-order valence-corrected chi connectivity index (χ0v) is 18.8. The van der Waals surface area contributed by atoms with E-state index in [1.165, 1.54) is 29.1 Å². The molecule has 0 N–H and O–H groups in total. The van der Waals surface area contributed by atoms with Gasteiger partial charge in [-0.1, -0.05) is 12.1 Å². The van der Waals surface area contributed by atoms with Gasteiger partial charge in [0.15, 0.2) is 5.78 Å². The van der Waals surface area contributed by atoms with Crippen molar-refractivity contribution >= 4 is 17.2 Å². The smallest absolute Gasteiger partial charge is 0.162 e. The number of anilines is 2. The van der Waals surface area contributed by atoms with Gasteiger partial charge in [0.2, 0.25) is 0 Å². The molecule has 2 aromatic rings. The van der Waals surface area contributed by atoms with E-state index in [1.807, 2.05) is 0 Å². The Labute approximate surface area is 184 Å². The summed E-state index contributed by atoms with van der Waals surface area (Å²) in [4.78, 5) is 20.1. The third kappa shape index (κ3) is 3.53. The van der Waals surface area contributed by atoms with E-state index in [0.29, 0.717) is 23.9 Å². The van der Waals surface area contributed by atoms with Crippen LogP contribution in [0.4, 0.5) is 15.8 Å². The Balaban J connectivity index is 1.26. The molecule has 2 atom stereocenters. The number of Topliss-reactive ketones (excluding diaryl/α,β-unsaturated/α-hetero) is 1. The standard InChI is InChI=1S/C26H32FN3O/c1-26(2)17-28(3)23-7-4-6-20-21-16-29(15-13-22(21)30(26)25(20)23)14-5-8-24(31)18-9-11-19(27)12-10-18/h4,6-7,9-12,21-22H,5,8,13-17H2,1-3H3. The summed E-state index contributed by atoms with van der Waals surface area (Å²) in [5.41, 5.74) is 5.04. The van der Waals surface area contributed by atoms with E-state index in [1.54, 1.807) is 12.1 Å². The quantitative estimate of drug-likeness (QED) is 0.654. The average molecular weight is 422 g/mol. The molecular formula is C26H32FN3O. The number of halogens is 1. The molecule has 3 aliphatic heterocycles. The summed E-state index contributed by atoms with van der Waals surface area (Å²) in [6, 6.07) is 13.3. The Morgan fingerprint density at radius 2 is 1.94 bits per heavy atom. The first-order valence-corrected chi connectivity index (χ1v) is 11.5. The molecule has 3 heterocycles. The van der Waals surface area contributed by atoms with Crippen LogP contribution in [0.25, 0.3) is 0 Å². The van der Waals surface area contributed by atoms with Crippen molar-refractivity contribution < 1.29 is 9.18 Å². The summed E-state index contributed by atoms with van der Waals surface area (Å²) >= 11 is 0. The number of hydrogen-bond acceptors (Lipinski definition) is 4. The number of fused-ring (bicyclic) bond motifs is 3. The lowest BCUT2D eigenvalue weighted by molar-refractivity contribution is 0.0970. The first kappa shape index (κ1) is 20.5. The van der Waals surface area contributed by atoms with E-state index in [9.17, 15) is 9.18 Å². The zero-order chi connectivity index (χ0) is 21.8. The highest BCUT2D eigenvalue weighted by molar-refractivity contribution is 5.96. The molecule has 1 saturated heterocycles. The normalized spacial score (nSPS) is 24.1. The minimum atomic E-state index is -0.299. The van der Waals surface area contributed by atoms with Crippen LogP contribution in [0, 0.1) is 5.82 Å². The van der Waals surface area contributed by atoms with Gasteiger partial charge in [0.1, 0.15) is 5.82 Å². The number of nitrogens with zero attached hydrogens (tertiary/aromatic N) is 3. The molecule has 0 aromatic heterocycles. The van der Waals surface area contributed by atoms with Crippen LogP contribution in [0.15, 0.2) is 42.5 Å². The van der Waals surface area contributed by atoms with Crippen LogP contribution in [0.3, 0.4) is 0 Å². The predicted molar refractivity (Wildman–Crippen MR) is 124 cm³/mol. The van der Waals surface area contributed by atoms with E-state index in [-0.39, 0.29) is 17.1 Å². The average Bonchev–Trinajstić information content (AvgIpc) is 3.08. The van der Waals surface area contributed by atoms with Crippen molar-refractivity contribution in [3.63, 3.8) is 0 Å². The molecule has 3 aliphatic rings. The first-order valence-electron chi connectivity index (χ1n) is 11.5. The fourth-order valence-corrected chi connectivity index (χ4v) is 6.15. The Bertz CT molecular complexity index is 987. The summed E-state index contributed by atoms with van der Waals surface area (Å²) in [6.45, 7) is 8.87. The van der Waals surface area contributed by atoms with Crippen molar-refractivity contribution in [3.05, 3.63) is 59.4 Å². The molecule has 2 unspecified atom stereocenters. The highest BCUT2D eigenvalue weighted by Gasteiger charge is 2.50. The largest absolute Gasteiger partial charge is 0.371 e. The number of hydrogen-bond donors (Lipinski definition) is 0. The molecule has 4 nitrogen and oxygen atoms in total. The van der Waals surface area contributed by atoms with Gasteiger partial charge >= 0.3 is 0 Å². The Morgan fingerprint density at radius 3 is 2.71 bits per heavy atom. The number of rotatable bonds is 5. The monoisotopic (exact) mass is 421 g/mol. The minimum Gasteiger partial charge on any atom is -0.371 e. The maximum atomic E-state index is 13.1. The molecule has 2 aromatic carbocycles. The van der Waals surface area contributed by atoms with E-state index < -0.39 is 0 Å². The summed E-state index contributed by atoms with van der Waals surface area (Å²) in [7, 11) is 2.21. The molecule has 164 valence electrons. The second-order valence-electron chi connectivity index (χ2n) is 10.1. The summed E-state index contributed by atoms with van der Waals surface area (Å²) in [6.07, 6.45) is 2.52. The van der Waals surface area contributed by atoms with Gasteiger partial charge in [0, 0.05) is 50.6 Å². The molecule has 5 rings (SSSR count). The van der Waals surface area contributed by atoms with Gasteiger partial charge in [-0.2, -0.15) is 0 Å². The van der Waals surface area contributed by atoms with Crippen molar-refractivity contribution in [2.75, 3.05) is 43.0 Å². The highest BCUT2D eigenvalue weighted by atomic mass is 19.1. The lowest BCUT2D eigenvalue weighted by atomic mass is 9.88. The number of para-hydroxylation sites is 1. The van der Waals surface area contributed by atoms with Crippen LogP contribution in [0.2, 0.25) is 0 Å². The van der Waals surface area contributed by atoms with Crippen LogP contribution in [-0.2, 0) is 0 Å². The number of carbonyl (C=O) groups is 1. The fourth-order valence-electron chi connectivity index (χ4n) is 6.15. The molecule has 1 fully saturated rings. The van der Waals surface area contributed by atoms with Crippen molar-refractivity contribution in [2.45, 2.75) is 50.6 Å². The summed E-state index contributed by atoms with van der Waals surface area (Å²) < 4.78 is 13.1. The molecule has 0 saturated carbocycles. The third-order valence-corrected chi connectivity index (χ3v) is 7.41. The molecule has 0 amide bonds. The fraction of sp³-hybridized carbons (Fsp3) is 0.500. The number of piperidine rings is 1. The van der Waals surface area contributed by atoms with E-state index in [2.05, 4.69) is 53.8 Å². The first-order chi connectivity index (χ1) is 14.8. The van der Waals surface area contributed by atoms with E-state index >= 15 is 0 Å². The van der Waals surface area contributed by atoms with Crippen LogP contribution in [-0.4, -0.2) is 55.5 Å². The second kappa shape index (κ2) is 7.63. The highest BCUT2D eigenvalue weighted by Crippen LogP contribution is 2.54. The zero-order valence-electron chi connectivity index (χ0n) is 18.8. The molecule has 0 bridgehead atoms. The molecule has 0 aliphatic carbocycles. The third-order valence-electron chi connectivity index (χ3n) is 7.41. The molecule has 0 spiro atoms. The van der Waals surface area contributed by atoms with Gasteiger partial charge in [-0.25, -0.2) is 4.39 Å². The van der Waals surface area contributed by atoms with E-state index in [4.69, 9.17) is 0 Å². The van der Waals surface area contributed by atoms with Gasteiger partial charge < -0.3 is 14.7 Å². The number of benzene rings is 2. The van der Waals surface area contributed by atoms with Crippen molar-refractivity contribution in [3.8, 4) is 0 Å². The van der Waals surface area contributed by atoms with Gasteiger partial charge in [-0.3, -0.25) is 4.79 Å². The maximum absolute atomic E-state index is 13.1. The lowest BCUT2D eigenvalue weighted by Gasteiger charge is -2.51. The Kier molecular flexibility index (Phi) is 5.04. The minimum absolute atomic E-state index is 0.104. The Hall–Kier alpha value is -2.40. The van der Waals surface area contributed by atoms with E-state index in [0.717, 1.165) is 39.0 Å². The molecule has 0 radical (unpaired) electrons. The van der Waals surface area contributed by atoms with Gasteiger partial charge in [-0.05, 0) is 69.1 Å². The number of ketones is 1. The predicted octanol–water partition coefficient (Wildman–Crippen LogP) is 4.70. The SMILES string of the molecule is CN1CC(C)(C)N2c3c(cccc31)C1CN(CCCC(=O)c3ccc(F)cc3)CCC12. The summed E-state index contributed by atoms with van der Waals surface area (Å²) in [5.74, 6) is 0.335. The maximum Gasteiger partial charge on any atom is 0.162 e. The Morgan fingerprint density at radius 1 is 1.16 bits per heavy atom. The van der Waals surface area contributed by atoms with Crippen LogP contribution in [0.1, 0.15) is 54.9 Å². The van der Waals surface area contributed by atoms with Gasteiger partial charge in [0.05, 0.1) is 16.9 Å². The molecular weight excluding hydrogens is 389 g/mol. The molecule has 5 heteroatoms. The number of likely N-dealkylation sites (N-methyl/N-ethyl adjacent to an activating group) is 1. The van der Waals surface area contributed by atoms with Crippen LogP contribution in [0.5, 0.6) is 0 Å². The topological polar surface area (TPSA) is 26.8 Å². The van der Waals surface area contributed by atoms with Crippen molar-refractivity contribution in [1.29, 1.82) is 0 Å². The number of carbonyl (C=O) groups excluding carboxylic acids is 1. The lowest BCUT2D eigenvalue weighted by Crippen LogP contribution is -2.59. The van der Waals surface area contributed by atoms with Crippen LogP contribution < -0.4 is 9.80 Å². The van der Waals surface area contributed by atoms with Crippen molar-refractivity contribution in [1.82, 2.24) is 4.90 Å². The van der Waals surface area contributed by atoms with Gasteiger partial charge in [-0.15, -0.1) is 0 Å². The second-order valence-corrected chi connectivity index (χ2v) is 10.1. The van der Waals surface area contributed by atoms with Crippen molar-refractivity contribution in [2.24, 2.45) is 0 Å². The van der Waals surface area contributed by atoms with Crippen LogP contribution >= 0.6 is 0 Å². The number of likely N-dealkylation sites (tertiary alicyclic amines) is 1. The summed E-state index contributed by atoms with van der Waals surface area (Å²) in [5, 5.41) is 0. The van der Waals surface area contributed by atoms with Gasteiger partial charge in [0.25, 0.3) is 0 Å².